The van der Waals surface area contributed by atoms with Crippen molar-refractivity contribution in [3.63, 3.8) is 0 Å². The number of sulfonamides is 1. The lowest BCUT2D eigenvalue weighted by Crippen LogP contribution is -2.35. The average Bonchev–Trinajstić information content (AvgIpc) is 3.26. The van der Waals surface area contributed by atoms with Gasteiger partial charge in [-0.15, -0.1) is 0 Å². The molecule has 0 saturated carbocycles. The summed E-state index contributed by atoms with van der Waals surface area (Å²) in [5.41, 5.74) is 2.93. The molecule has 1 amide bonds. The van der Waals surface area contributed by atoms with Gasteiger partial charge >= 0.3 is 0 Å². The molecule has 0 aliphatic heterocycles. The van der Waals surface area contributed by atoms with E-state index in [4.69, 9.17) is 9.15 Å². The largest absolute Gasteiger partial charge is 0.497 e. The monoisotopic (exact) mass is 442 g/mol. The molecule has 0 aliphatic carbocycles. The van der Waals surface area contributed by atoms with Gasteiger partial charge in [0.1, 0.15) is 5.75 Å². The van der Waals surface area contributed by atoms with Crippen LogP contribution < -0.4 is 14.4 Å². The van der Waals surface area contributed by atoms with Crippen LogP contribution in [0.3, 0.4) is 0 Å². The van der Waals surface area contributed by atoms with Crippen LogP contribution in [0.5, 0.6) is 5.75 Å². The van der Waals surface area contributed by atoms with Crippen LogP contribution in [-0.2, 0) is 21.4 Å². The maximum absolute atomic E-state index is 13.5. The molecule has 0 spiro atoms. The smallest absolute Gasteiger partial charge is 0.264 e. The summed E-state index contributed by atoms with van der Waals surface area (Å²) in [6.07, 6.45) is 3.09. The molecule has 7 nitrogen and oxygen atoms in total. The maximum atomic E-state index is 13.5. The summed E-state index contributed by atoms with van der Waals surface area (Å²) >= 11 is 0. The van der Waals surface area contributed by atoms with Crippen molar-refractivity contribution in [3.8, 4) is 5.75 Å². The average molecular weight is 443 g/mol. The van der Waals surface area contributed by atoms with Crippen molar-refractivity contribution in [1.29, 1.82) is 0 Å². The van der Waals surface area contributed by atoms with E-state index in [-0.39, 0.29) is 23.8 Å². The maximum Gasteiger partial charge on any atom is 0.264 e. The van der Waals surface area contributed by atoms with Crippen molar-refractivity contribution >= 4 is 21.6 Å². The summed E-state index contributed by atoms with van der Waals surface area (Å²) in [5.74, 6) is 0.362. The highest BCUT2D eigenvalue weighted by Crippen LogP contribution is 2.28. The van der Waals surface area contributed by atoms with E-state index in [0.717, 1.165) is 11.1 Å². The fourth-order valence-corrected chi connectivity index (χ4v) is 4.90. The molecule has 3 aromatic rings. The first kappa shape index (κ1) is 22.4. The first-order valence-electron chi connectivity index (χ1n) is 9.83. The van der Waals surface area contributed by atoms with Gasteiger partial charge in [0.05, 0.1) is 30.2 Å². The van der Waals surface area contributed by atoms with Crippen LogP contribution in [0.2, 0.25) is 0 Å². The molecule has 0 unspecified atom stereocenters. The fourth-order valence-electron chi connectivity index (χ4n) is 3.23. The third-order valence-electron chi connectivity index (χ3n) is 4.87. The zero-order valence-corrected chi connectivity index (χ0v) is 18.6. The number of rotatable bonds is 9. The van der Waals surface area contributed by atoms with E-state index in [1.807, 2.05) is 13.0 Å². The second kappa shape index (κ2) is 9.70. The van der Waals surface area contributed by atoms with Gasteiger partial charge in [0.2, 0.25) is 5.91 Å². The van der Waals surface area contributed by atoms with Gasteiger partial charge in [-0.25, -0.2) is 8.42 Å². The Balaban J connectivity index is 1.84. The molecule has 2 aromatic carbocycles. The zero-order chi connectivity index (χ0) is 22.4. The number of furan rings is 1. The highest BCUT2D eigenvalue weighted by molar-refractivity contribution is 7.92. The lowest BCUT2D eigenvalue weighted by molar-refractivity contribution is -0.121. The van der Waals surface area contributed by atoms with Gasteiger partial charge in [-0.2, -0.15) is 0 Å². The molecule has 0 atom stereocenters. The van der Waals surface area contributed by atoms with Crippen LogP contribution in [0.4, 0.5) is 5.69 Å². The van der Waals surface area contributed by atoms with Crippen molar-refractivity contribution in [2.24, 2.45) is 0 Å². The molecular weight excluding hydrogens is 416 g/mol. The molecule has 0 aliphatic rings. The summed E-state index contributed by atoms with van der Waals surface area (Å²) in [6.45, 7) is 4.00. The summed E-state index contributed by atoms with van der Waals surface area (Å²) in [5, 5.41) is 2.78. The summed E-state index contributed by atoms with van der Waals surface area (Å²) in [7, 11) is -2.33. The Bertz CT molecular complexity index is 1120. The first-order chi connectivity index (χ1) is 14.8. The van der Waals surface area contributed by atoms with Crippen molar-refractivity contribution in [1.82, 2.24) is 5.32 Å². The number of hydrogen-bond acceptors (Lipinski definition) is 5. The van der Waals surface area contributed by atoms with Gasteiger partial charge in [0, 0.05) is 25.1 Å². The van der Waals surface area contributed by atoms with Gasteiger partial charge in [-0.1, -0.05) is 17.7 Å². The number of benzene rings is 2. The second-order valence-corrected chi connectivity index (χ2v) is 9.03. The van der Waals surface area contributed by atoms with Gasteiger partial charge in [0.15, 0.2) is 0 Å². The van der Waals surface area contributed by atoms with E-state index in [1.54, 1.807) is 62.8 Å². The van der Waals surface area contributed by atoms with Crippen LogP contribution in [0.15, 0.2) is 70.4 Å². The van der Waals surface area contributed by atoms with Gasteiger partial charge < -0.3 is 14.5 Å². The third-order valence-corrected chi connectivity index (χ3v) is 6.86. The molecule has 1 aromatic heterocycles. The van der Waals surface area contributed by atoms with Crippen LogP contribution in [-0.4, -0.2) is 28.0 Å². The number of ether oxygens (including phenoxy) is 1. The van der Waals surface area contributed by atoms with Gasteiger partial charge in [-0.05, 0) is 55.8 Å². The zero-order valence-electron chi connectivity index (χ0n) is 17.8. The van der Waals surface area contributed by atoms with Gasteiger partial charge in [-0.3, -0.25) is 9.10 Å². The Hall–Kier alpha value is -3.26. The number of anilines is 1. The molecule has 8 heteroatoms. The van der Waals surface area contributed by atoms with E-state index < -0.39 is 10.0 Å². The number of nitrogens with one attached hydrogen (secondary N) is 1. The molecule has 1 heterocycles. The van der Waals surface area contributed by atoms with E-state index in [1.165, 1.54) is 10.6 Å². The topological polar surface area (TPSA) is 88.8 Å². The Morgan fingerprint density at radius 1 is 1.10 bits per heavy atom. The second-order valence-electron chi connectivity index (χ2n) is 7.20. The van der Waals surface area contributed by atoms with E-state index in [9.17, 15) is 13.2 Å². The minimum absolute atomic E-state index is 0.000795. The van der Waals surface area contributed by atoms with Crippen LogP contribution in [0, 0.1) is 13.8 Å². The number of aryl methyl sites for hydroxylation is 2. The normalized spacial score (nSPS) is 11.2. The minimum atomic E-state index is -3.88. The number of carbonyl (C=O) groups is 1. The van der Waals surface area contributed by atoms with E-state index in [2.05, 4.69) is 5.32 Å². The molecule has 0 radical (unpaired) electrons. The van der Waals surface area contributed by atoms with Crippen LogP contribution >= 0.6 is 0 Å². The number of methoxy groups -OCH3 is 1. The predicted molar refractivity (Wildman–Crippen MR) is 119 cm³/mol. The SMILES string of the molecule is COc1ccc(N(CCC(=O)NCc2ccoc2)S(=O)(=O)c2ccc(C)cc2C)cc1. The molecule has 3 rings (SSSR count). The summed E-state index contributed by atoms with van der Waals surface area (Å²) in [4.78, 5) is 12.6. The standard InChI is InChI=1S/C23H26N2O5S/c1-17-4-9-22(18(2)14-17)31(27,28)25(20-5-7-21(29-3)8-6-20)12-10-23(26)24-15-19-11-13-30-16-19/h4-9,11,13-14,16H,10,12,15H2,1-3H3,(H,24,26). The Morgan fingerprint density at radius 3 is 2.45 bits per heavy atom. The number of nitrogens with zero attached hydrogens (tertiary/aromatic N) is 1. The highest BCUT2D eigenvalue weighted by atomic mass is 32.2. The number of carbonyl (C=O) groups excluding carboxylic acids is 1. The third kappa shape index (κ3) is 5.46. The van der Waals surface area contributed by atoms with Gasteiger partial charge in [0.25, 0.3) is 10.0 Å². The van der Waals surface area contributed by atoms with Crippen molar-refractivity contribution in [3.05, 3.63) is 77.7 Å². The molecular formula is C23H26N2O5S. The predicted octanol–water partition coefficient (Wildman–Crippen LogP) is 3.81. The highest BCUT2D eigenvalue weighted by Gasteiger charge is 2.27. The Morgan fingerprint density at radius 2 is 1.84 bits per heavy atom. The first-order valence-corrected chi connectivity index (χ1v) is 11.3. The van der Waals surface area contributed by atoms with E-state index >= 15 is 0 Å². The number of amides is 1. The quantitative estimate of drug-likeness (QED) is 0.544. The number of hydrogen-bond donors (Lipinski definition) is 1. The fraction of sp³-hybridized carbons (Fsp3) is 0.261. The Labute approximate surface area is 182 Å². The van der Waals surface area contributed by atoms with Crippen molar-refractivity contribution < 1.29 is 22.4 Å². The molecule has 0 bridgehead atoms. The molecule has 0 fully saturated rings. The Kier molecular flexibility index (Phi) is 7.02. The lowest BCUT2D eigenvalue weighted by atomic mass is 10.2. The molecule has 1 N–H and O–H groups in total. The molecule has 0 saturated heterocycles. The van der Waals surface area contributed by atoms with E-state index in [0.29, 0.717) is 23.5 Å². The summed E-state index contributed by atoms with van der Waals surface area (Å²) in [6, 6.07) is 13.7. The summed E-state index contributed by atoms with van der Waals surface area (Å²) < 4.78 is 38.5. The lowest BCUT2D eigenvalue weighted by Gasteiger charge is -2.25. The van der Waals surface area contributed by atoms with Crippen LogP contribution in [0.25, 0.3) is 0 Å². The van der Waals surface area contributed by atoms with Crippen molar-refractivity contribution in [2.75, 3.05) is 18.0 Å². The molecule has 164 valence electrons. The van der Waals surface area contributed by atoms with Crippen LogP contribution in [0.1, 0.15) is 23.1 Å². The minimum Gasteiger partial charge on any atom is -0.497 e. The van der Waals surface area contributed by atoms with Crippen molar-refractivity contribution in [2.45, 2.75) is 31.7 Å². The molecule has 31 heavy (non-hydrogen) atoms.